The SMILES string of the molecule is CNCc1cc(-c2cccnc2F)c(Sc2ccoc2C)s1. The molecule has 3 heterocycles. The molecule has 114 valence electrons. The van der Waals surface area contributed by atoms with Crippen molar-refractivity contribution in [3.63, 3.8) is 0 Å². The maximum absolute atomic E-state index is 14.1. The third-order valence-corrected chi connectivity index (χ3v) is 5.64. The lowest BCUT2D eigenvalue weighted by Gasteiger charge is -2.03. The zero-order valence-corrected chi connectivity index (χ0v) is 13.9. The Morgan fingerprint density at radius 3 is 2.91 bits per heavy atom. The van der Waals surface area contributed by atoms with E-state index in [2.05, 4.69) is 10.3 Å². The number of aromatic nitrogens is 1. The summed E-state index contributed by atoms with van der Waals surface area (Å²) in [6, 6.07) is 7.48. The van der Waals surface area contributed by atoms with Gasteiger partial charge in [0.25, 0.3) is 0 Å². The molecule has 3 aromatic heterocycles. The summed E-state index contributed by atoms with van der Waals surface area (Å²) in [5, 5.41) is 3.13. The first-order chi connectivity index (χ1) is 10.7. The van der Waals surface area contributed by atoms with Gasteiger partial charge in [0, 0.05) is 28.7 Å². The third kappa shape index (κ3) is 3.09. The van der Waals surface area contributed by atoms with Gasteiger partial charge in [-0.15, -0.1) is 11.3 Å². The van der Waals surface area contributed by atoms with Crippen LogP contribution in [0.1, 0.15) is 10.6 Å². The van der Waals surface area contributed by atoms with Crippen molar-refractivity contribution < 1.29 is 8.81 Å². The molecule has 22 heavy (non-hydrogen) atoms. The summed E-state index contributed by atoms with van der Waals surface area (Å²) in [6.45, 7) is 2.68. The quantitative estimate of drug-likeness (QED) is 0.685. The minimum Gasteiger partial charge on any atom is -0.468 e. The number of rotatable bonds is 5. The summed E-state index contributed by atoms with van der Waals surface area (Å²) in [5.74, 6) is 0.424. The van der Waals surface area contributed by atoms with E-state index in [-0.39, 0.29) is 0 Å². The minimum absolute atomic E-state index is 0.443. The van der Waals surface area contributed by atoms with Gasteiger partial charge < -0.3 is 9.73 Å². The van der Waals surface area contributed by atoms with E-state index < -0.39 is 5.95 Å². The highest BCUT2D eigenvalue weighted by Crippen LogP contribution is 2.43. The molecule has 3 aromatic rings. The highest BCUT2D eigenvalue weighted by Gasteiger charge is 2.17. The van der Waals surface area contributed by atoms with E-state index in [0.717, 1.165) is 31.9 Å². The third-order valence-electron chi connectivity index (χ3n) is 3.16. The number of halogens is 1. The highest BCUT2D eigenvalue weighted by atomic mass is 32.2. The molecule has 1 N–H and O–H groups in total. The summed E-state index contributed by atoms with van der Waals surface area (Å²) in [6.07, 6.45) is 3.14. The number of aryl methyl sites for hydroxylation is 1. The molecule has 0 aliphatic carbocycles. The molecule has 3 nitrogen and oxygen atoms in total. The largest absolute Gasteiger partial charge is 0.468 e. The van der Waals surface area contributed by atoms with Crippen molar-refractivity contribution in [1.29, 1.82) is 0 Å². The number of nitrogens with zero attached hydrogens (tertiary/aromatic N) is 1. The summed E-state index contributed by atoms with van der Waals surface area (Å²) < 4.78 is 20.4. The van der Waals surface area contributed by atoms with E-state index in [4.69, 9.17) is 4.42 Å². The normalized spacial score (nSPS) is 11.0. The van der Waals surface area contributed by atoms with Gasteiger partial charge in [0.05, 0.1) is 15.4 Å². The van der Waals surface area contributed by atoms with E-state index in [1.54, 1.807) is 41.5 Å². The number of furan rings is 1. The molecule has 0 bridgehead atoms. The van der Waals surface area contributed by atoms with Crippen molar-refractivity contribution in [1.82, 2.24) is 10.3 Å². The van der Waals surface area contributed by atoms with Crippen molar-refractivity contribution in [2.24, 2.45) is 0 Å². The van der Waals surface area contributed by atoms with Gasteiger partial charge in [-0.2, -0.15) is 4.39 Å². The van der Waals surface area contributed by atoms with E-state index >= 15 is 0 Å². The number of thiophene rings is 1. The zero-order chi connectivity index (χ0) is 15.5. The van der Waals surface area contributed by atoms with Crippen LogP contribution in [-0.4, -0.2) is 12.0 Å². The van der Waals surface area contributed by atoms with Gasteiger partial charge in [-0.3, -0.25) is 0 Å². The lowest BCUT2D eigenvalue weighted by molar-refractivity contribution is 0.527. The predicted octanol–water partition coefficient (Wildman–Crippen LogP) is 4.72. The molecule has 0 aliphatic rings. The molecular formula is C16H15FN2OS2. The van der Waals surface area contributed by atoms with Crippen LogP contribution < -0.4 is 5.32 Å². The van der Waals surface area contributed by atoms with Gasteiger partial charge in [-0.1, -0.05) is 11.8 Å². The maximum Gasteiger partial charge on any atom is 0.220 e. The van der Waals surface area contributed by atoms with Crippen LogP contribution in [0.25, 0.3) is 11.1 Å². The molecule has 6 heteroatoms. The van der Waals surface area contributed by atoms with Crippen molar-refractivity contribution in [2.75, 3.05) is 7.05 Å². The fraction of sp³-hybridized carbons (Fsp3) is 0.188. The fourth-order valence-electron chi connectivity index (χ4n) is 2.11. The first kappa shape index (κ1) is 15.3. The first-order valence-corrected chi connectivity index (χ1v) is 8.42. The molecular weight excluding hydrogens is 319 g/mol. The van der Waals surface area contributed by atoms with Crippen LogP contribution in [0.15, 0.2) is 50.2 Å². The van der Waals surface area contributed by atoms with Crippen LogP contribution in [0.3, 0.4) is 0 Å². The van der Waals surface area contributed by atoms with Crippen molar-refractivity contribution in [2.45, 2.75) is 22.6 Å². The molecule has 0 unspecified atom stereocenters. The summed E-state index contributed by atoms with van der Waals surface area (Å²) in [5.41, 5.74) is 1.41. The molecule has 0 saturated carbocycles. The van der Waals surface area contributed by atoms with Crippen LogP contribution in [0.2, 0.25) is 0 Å². The Morgan fingerprint density at radius 1 is 1.36 bits per heavy atom. The Hall–Kier alpha value is -1.63. The lowest BCUT2D eigenvalue weighted by atomic mass is 10.1. The maximum atomic E-state index is 14.1. The minimum atomic E-state index is -0.443. The molecule has 0 atom stereocenters. The van der Waals surface area contributed by atoms with E-state index in [1.807, 2.05) is 26.1 Å². The molecule has 0 fully saturated rings. The number of nitrogens with one attached hydrogen (secondary N) is 1. The van der Waals surface area contributed by atoms with Gasteiger partial charge >= 0.3 is 0 Å². The van der Waals surface area contributed by atoms with Gasteiger partial charge in [-0.25, -0.2) is 4.98 Å². The molecule has 0 aliphatic heterocycles. The number of hydrogen-bond donors (Lipinski definition) is 1. The molecule has 0 spiro atoms. The molecule has 3 rings (SSSR count). The second kappa shape index (κ2) is 6.64. The Labute approximate surface area is 136 Å². The lowest BCUT2D eigenvalue weighted by Crippen LogP contribution is -2.02. The van der Waals surface area contributed by atoms with Crippen molar-refractivity contribution >= 4 is 23.1 Å². The average molecular weight is 334 g/mol. The Morgan fingerprint density at radius 2 is 2.23 bits per heavy atom. The van der Waals surface area contributed by atoms with Crippen molar-refractivity contribution in [3.05, 3.63) is 53.3 Å². The first-order valence-electron chi connectivity index (χ1n) is 6.79. The van der Waals surface area contributed by atoms with Crippen LogP contribution in [0, 0.1) is 12.9 Å². The summed E-state index contributed by atoms with van der Waals surface area (Å²) in [7, 11) is 1.90. The Bertz CT molecular complexity index is 782. The Kier molecular flexibility index (Phi) is 4.61. The predicted molar refractivity (Wildman–Crippen MR) is 87.8 cm³/mol. The van der Waals surface area contributed by atoms with Crippen LogP contribution in [0.4, 0.5) is 4.39 Å². The van der Waals surface area contributed by atoms with E-state index in [9.17, 15) is 4.39 Å². The number of hydrogen-bond acceptors (Lipinski definition) is 5. The van der Waals surface area contributed by atoms with Gasteiger partial charge in [0.2, 0.25) is 5.95 Å². The highest BCUT2D eigenvalue weighted by molar-refractivity contribution is 8.01. The molecule has 0 radical (unpaired) electrons. The van der Waals surface area contributed by atoms with Crippen molar-refractivity contribution in [3.8, 4) is 11.1 Å². The van der Waals surface area contributed by atoms with E-state index in [1.165, 1.54) is 6.20 Å². The fourth-order valence-corrected chi connectivity index (χ4v) is 4.58. The van der Waals surface area contributed by atoms with Crippen LogP contribution >= 0.6 is 23.1 Å². The Balaban J connectivity index is 2.04. The summed E-state index contributed by atoms with van der Waals surface area (Å²) in [4.78, 5) is 5.96. The standard InChI is InChI=1S/C16H15FN2OS2/c1-10-14(5-7-20-10)22-16-13(8-11(21-16)9-18-2)12-4-3-6-19-15(12)17/h3-8,18H,9H2,1-2H3. The second-order valence-electron chi connectivity index (χ2n) is 4.73. The van der Waals surface area contributed by atoms with Gasteiger partial charge in [0.15, 0.2) is 0 Å². The molecule has 0 saturated heterocycles. The second-order valence-corrected chi connectivity index (χ2v) is 7.18. The van der Waals surface area contributed by atoms with Crippen LogP contribution in [0.5, 0.6) is 0 Å². The zero-order valence-electron chi connectivity index (χ0n) is 12.2. The van der Waals surface area contributed by atoms with Gasteiger partial charge in [0.1, 0.15) is 5.76 Å². The van der Waals surface area contributed by atoms with Gasteiger partial charge in [-0.05, 0) is 38.2 Å². The molecule has 0 amide bonds. The smallest absolute Gasteiger partial charge is 0.220 e. The monoisotopic (exact) mass is 334 g/mol. The average Bonchev–Trinajstić information content (AvgIpc) is 3.08. The van der Waals surface area contributed by atoms with Crippen LogP contribution in [-0.2, 0) is 6.54 Å². The number of pyridine rings is 1. The van der Waals surface area contributed by atoms with E-state index in [0.29, 0.717) is 5.56 Å². The molecule has 0 aromatic carbocycles. The summed E-state index contributed by atoms with van der Waals surface area (Å²) >= 11 is 3.26. The topological polar surface area (TPSA) is 38.1 Å².